The number of hydrogen-bond acceptors (Lipinski definition) is 5. The van der Waals surface area contributed by atoms with Crippen molar-refractivity contribution in [1.82, 2.24) is 10.3 Å². The van der Waals surface area contributed by atoms with Gasteiger partial charge < -0.3 is 14.8 Å². The molecule has 122 valence electrons. The lowest BCUT2D eigenvalue weighted by atomic mass is 10.0. The highest BCUT2D eigenvalue weighted by Gasteiger charge is 2.15. The molecule has 0 aliphatic carbocycles. The van der Waals surface area contributed by atoms with E-state index in [1.54, 1.807) is 25.4 Å². The number of aromatic nitrogens is 1. The Labute approximate surface area is 137 Å². The summed E-state index contributed by atoms with van der Waals surface area (Å²) < 4.78 is 5.21. The Kier molecular flexibility index (Phi) is 4.29. The normalized spacial score (nSPS) is 10.7. The highest BCUT2D eigenvalue weighted by atomic mass is 16.4. The van der Waals surface area contributed by atoms with Gasteiger partial charge in [0, 0.05) is 30.4 Å². The summed E-state index contributed by atoms with van der Waals surface area (Å²) in [4.78, 5) is 28.2. The summed E-state index contributed by atoms with van der Waals surface area (Å²) in [5.41, 5.74) is 1.67. The molecule has 3 rings (SSSR count). The average molecular weight is 324 g/mol. The zero-order valence-electron chi connectivity index (χ0n) is 13.1. The van der Waals surface area contributed by atoms with Gasteiger partial charge in [-0.2, -0.15) is 0 Å². The number of amides is 1. The number of aryl methyl sites for hydroxylation is 1. The molecule has 0 aliphatic heterocycles. The van der Waals surface area contributed by atoms with Crippen LogP contribution in [-0.4, -0.2) is 16.0 Å². The molecule has 0 unspecified atom stereocenters. The van der Waals surface area contributed by atoms with Crippen LogP contribution in [0.4, 0.5) is 0 Å². The fraction of sp³-hybridized carbons (Fsp3) is 0.167. The molecule has 2 aromatic heterocycles. The lowest BCUT2D eigenvalue weighted by Gasteiger charge is -2.09. The zero-order valence-corrected chi connectivity index (χ0v) is 13.1. The van der Waals surface area contributed by atoms with Crippen molar-refractivity contribution in [2.24, 2.45) is 0 Å². The monoisotopic (exact) mass is 324 g/mol. The first-order valence-electron chi connectivity index (χ1n) is 7.45. The van der Waals surface area contributed by atoms with Gasteiger partial charge in [0.05, 0.1) is 12.0 Å². The van der Waals surface area contributed by atoms with Crippen LogP contribution >= 0.6 is 0 Å². The third-order valence-corrected chi connectivity index (χ3v) is 3.85. The topological polar surface area (TPSA) is 92.4 Å². The van der Waals surface area contributed by atoms with Crippen molar-refractivity contribution >= 4 is 16.9 Å². The van der Waals surface area contributed by atoms with E-state index in [0.29, 0.717) is 28.6 Å². The summed E-state index contributed by atoms with van der Waals surface area (Å²) in [6.45, 7) is 2.13. The van der Waals surface area contributed by atoms with Gasteiger partial charge in [-0.1, -0.05) is 0 Å². The minimum Gasteiger partial charge on any atom is -0.508 e. The summed E-state index contributed by atoms with van der Waals surface area (Å²) in [6, 6.07) is 8.19. The molecule has 6 nitrogen and oxygen atoms in total. The van der Waals surface area contributed by atoms with E-state index in [1.807, 2.05) is 12.1 Å². The van der Waals surface area contributed by atoms with E-state index in [2.05, 4.69) is 10.3 Å². The fourth-order valence-corrected chi connectivity index (χ4v) is 2.51. The molecule has 1 amide bonds. The second-order valence-corrected chi connectivity index (χ2v) is 5.48. The minimum absolute atomic E-state index is 0.0212. The van der Waals surface area contributed by atoms with E-state index in [9.17, 15) is 14.7 Å². The van der Waals surface area contributed by atoms with Crippen LogP contribution in [0, 0.1) is 6.92 Å². The standard InChI is InChI=1S/C18H16N2O4/c1-11-14-3-2-13(21)8-16(14)24-18(23)15(11)9-17(22)20-10-12-4-6-19-7-5-12/h2-8,21H,9-10H2,1H3,(H,20,22). The molecule has 3 aromatic rings. The smallest absolute Gasteiger partial charge is 0.340 e. The number of pyridine rings is 1. The molecular formula is C18H16N2O4. The number of fused-ring (bicyclic) bond motifs is 1. The summed E-state index contributed by atoms with van der Waals surface area (Å²) in [5.74, 6) is -0.242. The van der Waals surface area contributed by atoms with Crippen LogP contribution < -0.4 is 10.9 Å². The third-order valence-electron chi connectivity index (χ3n) is 3.85. The first-order chi connectivity index (χ1) is 11.5. The van der Waals surface area contributed by atoms with Crippen LogP contribution in [0.2, 0.25) is 0 Å². The molecule has 24 heavy (non-hydrogen) atoms. The highest BCUT2D eigenvalue weighted by Crippen LogP contribution is 2.23. The molecule has 0 saturated heterocycles. The largest absolute Gasteiger partial charge is 0.508 e. The molecule has 0 aliphatic rings. The molecule has 0 spiro atoms. The molecule has 6 heteroatoms. The molecule has 0 radical (unpaired) electrons. The molecule has 2 heterocycles. The summed E-state index contributed by atoms with van der Waals surface area (Å²) in [7, 11) is 0. The number of phenols is 1. The van der Waals surface area contributed by atoms with Crippen molar-refractivity contribution in [3.05, 3.63) is 69.8 Å². The second-order valence-electron chi connectivity index (χ2n) is 5.48. The number of carbonyl (C=O) groups is 1. The Morgan fingerprint density at radius 1 is 1.25 bits per heavy atom. The molecule has 1 aromatic carbocycles. The highest BCUT2D eigenvalue weighted by molar-refractivity contribution is 5.85. The van der Waals surface area contributed by atoms with Gasteiger partial charge in [-0.25, -0.2) is 4.79 Å². The van der Waals surface area contributed by atoms with E-state index in [4.69, 9.17) is 4.42 Å². The Balaban J connectivity index is 1.80. The maximum Gasteiger partial charge on any atom is 0.340 e. The molecule has 0 atom stereocenters. The van der Waals surface area contributed by atoms with E-state index in [1.165, 1.54) is 12.1 Å². The number of carbonyl (C=O) groups excluding carboxylic acids is 1. The molecule has 0 fully saturated rings. The van der Waals surface area contributed by atoms with Gasteiger partial charge in [-0.05, 0) is 42.3 Å². The number of benzene rings is 1. The second kappa shape index (κ2) is 6.54. The predicted octanol–water partition coefficient (Wildman–Crippen LogP) is 2.06. The van der Waals surface area contributed by atoms with Crippen molar-refractivity contribution in [1.29, 1.82) is 0 Å². The van der Waals surface area contributed by atoms with Gasteiger partial charge in [0.25, 0.3) is 0 Å². The molecule has 0 bridgehead atoms. The quantitative estimate of drug-likeness (QED) is 0.717. The van der Waals surface area contributed by atoms with Crippen LogP contribution in [0.1, 0.15) is 16.7 Å². The summed E-state index contributed by atoms with van der Waals surface area (Å²) >= 11 is 0. The number of nitrogens with zero attached hydrogens (tertiary/aromatic N) is 1. The third kappa shape index (κ3) is 3.27. The van der Waals surface area contributed by atoms with Gasteiger partial charge in [0.2, 0.25) is 5.91 Å². The predicted molar refractivity (Wildman–Crippen MR) is 88.7 cm³/mol. The molecular weight excluding hydrogens is 308 g/mol. The zero-order chi connectivity index (χ0) is 17.1. The van der Waals surface area contributed by atoms with Crippen molar-refractivity contribution < 1.29 is 14.3 Å². The number of phenolic OH excluding ortho intramolecular Hbond substituents is 1. The van der Waals surface area contributed by atoms with Crippen molar-refractivity contribution in [3.8, 4) is 5.75 Å². The Morgan fingerprint density at radius 3 is 2.75 bits per heavy atom. The van der Waals surface area contributed by atoms with Gasteiger partial charge in [-0.15, -0.1) is 0 Å². The van der Waals surface area contributed by atoms with E-state index < -0.39 is 5.63 Å². The molecule has 2 N–H and O–H groups in total. The van der Waals surface area contributed by atoms with Gasteiger partial charge in [-0.3, -0.25) is 9.78 Å². The van der Waals surface area contributed by atoms with Crippen molar-refractivity contribution in [3.63, 3.8) is 0 Å². The van der Waals surface area contributed by atoms with E-state index in [-0.39, 0.29) is 18.1 Å². The van der Waals surface area contributed by atoms with E-state index in [0.717, 1.165) is 5.56 Å². The maximum atomic E-state index is 12.1. The number of hydrogen-bond donors (Lipinski definition) is 2. The van der Waals surface area contributed by atoms with Gasteiger partial charge in [0.15, 0.2) is 0 Å². The Hall–Kier alpha value is -3.15. The van der Waals surface area contributed by atoms with Crippen molar-refractivity contribution in [2.45, 2.75) is 19.9 Å². The lowest BCUT2D eigenvalue weighted by Crippen LogP contribution is -2.27. The summed E-state index contributed by atoms with van der Waals surface area (Å²) in [5, 5.41) is 12.9. The molecule has 0 saturated carbocycles. The van der Waals surface area contributed by atoms with Crippen LogP contribution in [0.5, 0.6) is 5.75 Å². The van der Waals surface area contributed by atoms with Gasteiger partial charge in [0.1, 0.15) is 11.3 Å². The SMILES string of the molecule is Cc1c(CC(=O)NCc2ccncc2)c(=O)oc2cc(O)ccc12. The Morgan fingerprint density at radius 2 is 2.00 bits per heavy atom. The number of aromatic hydroxyl groups is 1. The van der Waals surface area contributed by atoms with Crippen LogP contribution in [0.15, 0.2) is 51.9 Å². The average Bonchev–Trinajstić information content (AvgIpc) is 2.57. The van der Waals surface area contributed by atoms with Crippen molar-refractivity contribution in [2.75, 3.05) is 0 Å². The first kappa shape index (κ1) is 15.7. The van der Waals surface area contributed by atoms with Crippen LogP contribution in [-0.2, 0) is 17.8 Å². The maximum absolute atomic E-state index is 12.1. The van der Waals surface area contributed by atoms with Crippen LogP contribution in [0.25, 0.3) is 11.0 Å². The lowest BCUT2D eigenvalue weighted by molar-refractivity contribution is -0.120. The van der Waals surface area contributed by atoms with Crippen LogP contribution in [0.3, 0.4) is 0 Å². The van der Waals surface area contributed by atoms with Gasteiger partial charge >= 0.3 is 5.63 Å². The summed E-state index contributed by atoms with van der Waals surface area (Å²) in [6.07, 6.45) is 3.24. The number of rotatable bonds is 4. The van der Waals surface area contributed by atoms with E-state index >= 15 is 0 Å². The first-order valence-corrected chi connectivity index (χ1v) is 7.45. The number of nitrogens with one attached hydrogen (secondary N) is 1. The Bertz CT molecular complexity index is 948. The fourth-order valence-electron chi connectivity index (χ4n) is 2.51. The minimum atomic E-state index is -0.565.